The normalized spacial score (nSPS) is 11.8. The van der Waals surface area contributed by atoms with Crippen LogP contribution >= 0.6 is 23.8 Å². The molecule has 0 saturated carbocycles. The molecule has 2 N–H and O–H groups in total. The van der Waals surface area contributed by atoms with Gasteiger partial charge in [0, 0.05) is 10.7 Å². The third kappa shape index (κ3) is 4.45. The Labute approximate surface area is 136 Å². The van der Waals surface area contributed by atoms with Gasteiger partial charge < -0.3 is 10.6 Å². The summed E-state index contributed by atoms with van der Waals surface area (Å²) in [6.45, 7) is 6.32. The molecule has 2 aromatic rings. The number of hydrogen-bond acceptors (Lipinski definition) is 1. The molecule has 0 spiro atoms. The summed E-state index contributed by atoms with van der Waals surface area (Å²) in [7, 11) is 0. The second kappa shape index (κ2) is 6.92. The van der Waals surface area contributed by atoms with Crippen molar-refractivity contribution in [1.29, 1.82) is 0 Å². The maximum atomic E-state index is 5.87. The molecule has 1 atom stereocenters. The standard InChI is InChI=1S/C17H19ClN2S/c1-11-4-5-12(2)16(10-11)13(3)19-17(21)20-15-8-6-14(18)7-9-15/h4-10,13H,1-3H3,(H2,19,20,21)/t13-/m1/s1. The Kier molecular flexibility index (Phi) is 5.21. The Balaban J connectivity index is 2.01. The van der Waals surface area contributed by atoms with Gasteiger partial charge in [0.1, 0.15) is 0 Å². The van der Waals surface area contributed by atoms with Gasteiger partial charge in [-0.25, -0.2) is 0 Å². The van der Waals surface area contributed by atoms with Crippen LogP contribution in [-0.2, 0) is 0 Å². The Morgan fingerprint density at radius 2 is 1.76 bits per heavy atom. The van der Waals surface area contributed by atoms with Crippen molar-refractivity contribution in [2.24, 2.45) is 0 Å². The number of aryl methyl sites for hydroxylation is 2. The van der Waals surface area contributed by atoms with Gasteiger partial charge in [-0.15, -0.1) is 0 Å². The lowest BCUT2D eigenvalue weighted by molar-refractivity contribution is 0.716. The summed E-state index contributed by atoms with van der Waals surface area (Å²) in [6, 6.07) is 14.1. The number of hydrogen-bond donors (Lipinski definition) is 2. The first kappa shape index (κ1) is 15.8. The summed E-state index contributed by atoms with van der Waals surface area (Å²) in [6.07, 6.45) is 0. The van der Waals surface area contributed by atoms with E-state index in [4.69, 9.17) is 23.8 Å². The van der Waals surface area contributed by atoms with Gasteiger partial charge >= 0.3 is 0 Å². The monoisotopic (exact) mass is 318 g/mol. The number of rotatable bonds is 3. The third-order valence-electron chi connectivity index (χ3n) is 3.35. The van der Waals surface area contributed by atoms with Gasteiger partial charge in [0.15, 0.2) is 5.11 Å². The van der Waals surface area contributed by atoms with Gasteiger partial charge in [-0.05, 0) is 68.4 Å². The molecule has 0 heterocycles. The van der Waals surface area contributed by atoms with E-state index in [9.17, 15) is 0 Å². The smallest absolute Gasteiger partial charge is 0.171 e. The minimum absolute atomic E-state index is 0.150. The number of anilines is 1. The fourth-order valence-electron chi connectivity index (χ4n) is 2.20. The predicted octanol–water partition coefficient (Wildman–Crippen LogP) is 5.00. The molecule has 0 amide bonds. The topological polar surface area (TPSA) is 24.1 Å². The predicted molar refractivity (Wildman–Crippen MR) is 95.1 cm³/mol. The van der Waals surface area contributed by atoms with Crippen LogP contribution in [-0.4, -0.2) is 5.11 Å². The largest absolute Gasteiger partial charge is 0.356 e. The van der Waals surface area contributed by atoms with E-state index in [1.54, 1.807) is 0 Å². The van der Waals surface area contributed by atoms with E-state index in [-0.39, 0.29) is 6.04 Å². The molecule has 110 valence electrons. The lowest BCUT2D eigenvalue weighted by Gasteiger charge is -2.19. The van der Waals surface area contributed by atoms with E-state index in [2.05, 4.69) is 49.6 Å². The van der Waals surface area contributed by atoms with Gasteiger partial charge in [-0.2, -0.15) is 0 Å². The van der Waals surface area contributed by atoms with E-state index in [1.807, 2.05) is 24.3 Å². The van der Waals surface area contributed by atoms with Crippen LogP contribution in [0.25, 0.3) is 0 Å². The molecule has 2 nitrogen and oxygen atoms in total. The molecule has 0 aliphatic heterocycles. The Hall–Kier alpha value is -1.58. The Morgan fingerprint density at radius 1 is 1.10 bits per heavy atom. The molecule has 2 rings (SSSR count). The molecular formula is C17H19ClN2S. The van der Waals surface area contributed by atoms with E-state index >= 15 is 0 Å². The van der Waals surface area contributed by atoms with Crippen molar-refractivity contribution in [3.8, 4) is 0 Å². The molecule has 0 unspecified atom stereocenters. The van der Waals surface area contributed by atoms with E-state index < -0.39 is 0 Å². The quantitative estimate of drug-likeness (QED) is 0.778. The van der Waals surface area contributed by atoms with Crippen molar-refractivity contribution in [2.45, 2.75) is 26.8 Å². The van der Waals surface area contributed by atoms with Crippen LogP contribution < -0.4 is 10.6 Å². The molecule has 0 bridgehead atoms. The highest BCUT2D eigenvalue weighted by molar-refractivity contribution is 7.80. The van der Waals surface area contributed by atoms with Gasteiger partial charge in [0.2, 0.25) is 0 Å². The van der Waals surface area contributed by atoms with Crippen molar-refractivity contribution >= 4 is 34.6 Å². The van der Waals surface area contributed by atoms with Crippen LogP contribution in [0.4, 0.5) is 5.69 Å². The minimum Gasteiger partial charge on any atom is -0.356 e. The maximum absolute atomic E-state index is 5.87. The van der Waals surface area contributed by atoms with Crippen LogP contribution in [0.3, 0.4) is 0 Å². The van der Waals surface area contributed by atoms with Crippen molar-refractivity contribution in [3.05, 3.63) is 64.2 Å². The van der Waals surface area contributed by atoms with Crippen LogP contribution in [0.5, 0.6) is 0 Å². The SMILES string of the molecule is Cc1ccc(C)c([C@@H](C)NC(=S)Nc2ccc(Cl)cc2)c1. The number of thiocarbonyl (C=S) groups is 1. The summed E-state index contributed by atoms with van der Waals surface area (Å²) in [5, 5.41) is 7.79. The van der Waals surface area contributed by atoms with Crippen LogP contribution in [0.2, 0.25) is 5.02 Å². The van der Waals surface area contributed by atoms with Crippen LogP contribution in [0.15, 0.2) is 42.5 Å². The van der Waals surface area contributed by atoms with Crippen LogP contribution in [0, 0.1) is 13.8 Å². The van der Waals surface area contributed by atoms with Crippen molar-refractivity contribution < 1.29 is 0 Å². The Morgan fingerprint density at radius 3 is 2.43 bits per heavy atom. The summed E-state index contributed by atoms with van der Waals surface area (Å²) in [5.41, 5.74) is 4.69. The number of halogens is 1. The fourth-order valence-corrected chi connectivity index (χ4v) is 2.62. The fraction of sp³-hybridized carbons (Fsp3) is 0.235. The second-order valence-electron chi connectivity index (χ2n) is 5.19. The summed E-state index contributed by atoms with van der Waals surface area (Å²) in [4.78, 5) is 0. The lowest BCUT2D eigenvalue weighted by Crippen LogP contribution is -2.31. The molecule has 21 heavy (non-hydrogen) atoms. The summed E-state index contributed by atoms with van der Waals surface area (Å²) in [5.74, 6) is 0. The summed E-state index contributed by atoms with van der Waals surface area (Å²) >= 11 is 11.2. The second-order valence-corrected chi connectivity index (χ2v) is 6.03. The molecule has 0 fully saturated rings. The van der Waals surface area contributed by atoms with E-state index in [0.717, 1.165) is 5.69 Å². The zero-order chi connectivity index (χ0) is 15.4. The van der Waals surface area contributed by atoms with E-state index in [0.29, 0.717) is 10.1 Å². The van der Waals surface area contributed by atoms with Crippen molar-refractivity contribution in [2.75, 3.05) is 5.32 Å². The average Bonchev–Trinajstić information content (AvgIpc) is 2.44. The van der Waals surface area contributed by atoms with Crippen molar-refractivity contribution in [3.63, 3.8) is 0 Å². The lowest BCUT2D eigenvalue weighted by atomic mass is 10.0. The molecule has 0 radical (unpaired) electrons. The maximum Gasteiger partial charge on any atom is 0.171 e. The van der Waals surface area contributed by atoms with Gasteiger partial charge in [0.05, 0.1) is 6.04 Å². The molecule has 0 aliphatic carbocycles. The van der Waals surface area contributed by atoms with Gasteiger partial charge in [-0.3, -0.25) is 0 Å². The van der Waals surface area contributed by atoms with Gasteiger partial charge in [-0.1, -0.05) is 35.4 Å². The molecule has 0 aromatic heterocycles. The van der Waals surface area contributed by atoms with Crippen LogP contribution in [0.1, 0.15) is 29.7 Å². The van der Waals surface area contributed by atoms with Crippen molar-refractivity contribution in [1.82, 2.24) is 5.32 Å². The zero-order valence-electron chi connectivity index (χ0n) is 12.4. The van der Waals surface area contributed by atoms with Gasteiger partial charge in [0.25, 0.3) is 0 Å². The Bertz CT molecular complexity index is 638. The molecular weight excluding hydrogens is 300 g/mol. The molecule has 0 saturated heterocycles. The average molecular weight is 319 g/mol. The third-order valence-corrected chi connectivity index (χ3v) is 3.82. The number of benzene rings is 2. The molecule has 0 aliphatic rings. The molecule has 4 heteroatoms. The zero-order valence-corrected chi connectivity index (χ0v) is 14.0. The van der Waals surface area contributed by atoms with E-state index in [1.165, 1.54) is 16.7 Å². The highest BCUT2D eigenvalue weighted by Crippen LogP contribution is 2.19. The first-order valence-electron chi connectivity index (χ1n) is 6.86. The minimum atomic E-state index is 0.150. The number of nitrogens with one attached hydrogen (secondary N) is 2. The molecule has 2 aromatic carbocycles. The highest BCUT2D eigenvalue weighted by Gasteiger charge is 2.10. The first-order valence-corrected chi connectivity index (χ1v) is 7.64. The first-order chi connectivity index (χ1) is 9.95. The highest BCUT2D eigenvalue weighted by atomic mass is 35.5. The summed E-state index contributed by atoms with van der Waals surface area (Å²) < 4.78 is 0.